The van der Waals surface area contributed by atoms with Crippen LogP contribution in [0.4, 0.5) is 0 Å². The summed E-state index contributed by atoms with van der Waals surface area (Å²) < 4.78 is 4.77. The van der Waals surface area contributed by atoms with Crippen molar-refractivity contribution in [1.82, 2.24) is 10.2 Å². The van der Waals surface area contributed by atoms with Gasteiger partial charge < -0.3 is 10.1 Å². The number of carbonyl (C=O) groups excluding carboxylic acids is 4. The minimum absolute atomic E-state index is 0.0661. The highest BCUT2D eigenvalue weighted by Crippen LogP contribution is 2.30. The van der Waals surface area contributed by atoms with Gasteiger partial charge in [-0.3, -0.25) is 19.3 Å². The van der Waals surface area contributed by atoms with Gasteiger partial charge in [-0.2, -0.15) is 0 Å². The lowest BCUT2D eigenvalue weighted by Crippen LogP contribution is -2.46. The van der Waals surface area contributed by atoms with Gasteiger partial charge in [0.15, 0.2) is 0 Å². The summed E-state index contributed by atoms with van der Waals surface area (Å²) in [5, 5.41) is 4.24. The first-order chi connectivity index (χ1) is 14.4. The molecule has 1 aliphatic heterocycles. The molecule has 2 aromatic carbocycles. The number of carbonyl (C=O) groups is 4. The lowest BCUT2D eigenvalue weighted by Gasteiger charge is -2.27. The zero-order valence-corrected chi connectivity index (χ0v) is 17.4. The summed E-state index contributed by atoms with van der Waals surface area (Å²) in [7, 11) is 1.29. The van der Waals surface area contributed by atoms with Crippen LogP contribution in [0.3, 0.4) is 0 Å². The average Bonchev–Trinajstić information content (AvgIpc) is 2.76. The maximum atomic E-state index is 12.9. The molecule has 0 radical (unpaired) electrons. The average molecular weight is 410 g/mol. The third-order valence-corrected chi connectivity index (χ3v) is 5.63. The summed E-state index contributed by atoms with van der Waals surface area (Å²) in [6.07, 6.45) is 1.10. The standard InChI is InChI=1S/C23H26N2O5/c1-4-14(2)20(23(29)30-3)24-18(26)12-7-13-25-21(27)16-10-5-8-15-9-6-11-17(19(15)16)22(25)28/h5-6,8-11,14,20H,4,7,12-13H2,1-3H3,(H,24,26)/t14-,20+/m0/s1. The van der Waals surface area contributed by atoms with E-state index >= 15 is 0 Å². The summed E-state index contributed by atoms with van der Waals surface area (Å²) in [4.78, 5) is 51.2. The number of amides is 3. The lowest BCUT2D eigenvalue weighted by molar-refractivity contribution is -0.146. The highest BCUT2D eigenvalue weighted by atomic mass is 16.5. The number of imide groups is 1. The number of methoxy groups -OCH3 is 1. The molecule has 0 unspecified atom stereocenters. The van der Waals surface area contributed by atoms with Crippen LogP contribution in [0.2, 0.25) is 0 Å². The van der Waals surface area contributed by atoms with Crippen molar-refractivity contribution in [2.45, 2.75) is 39.2 Å². The molecular weight excluding hydrogens is 384 g/mol. The monoisotopic (exact) mass is 410 g/mol. The summed E-state index contributed by atoms with van der Waals surface area (Å²) in [6.45, 7) is 3.92. The first-order valence-electron chi connectivity index (χ1n) is 10.1. The van der Waals surface area contributed by atoms with Gasteiger partial charge in [0.2, 0.25) is 5.91 Å². The Morgan fingerprint density at radius 3 is 2.20 bits per heavy atom. The molecule has 0 saturated heterocycles. The molecule has 0 bridgehead atoms. The van der Waals surface area contributed by atoms with Gasteiger partial charge in [-0.25, -0.2) is 4.79 Å². The van der Waals surface area contributed by atoms with Crippen molar-refractivity contribution in [3.05, 3.63) is 47.5 Å². The molecule has 0 aromatic heterocycles. The molecular formula is C23H26N2O5. The van der Waals surface area contributed by atoms with Gasteiger partial charge >= 0.3 is 5.97 Å². The van der Waals surface area contributed by atoms with E-state index in [0.29, 0.717) is 29.4 Å². The van der Waals surface area contributed by atoms with Crippen LogP contribution in [0.5, 0.6) is 0 Å². The highest BCUT2D eigenvalue weighted by molar-refractivity contribution is 6.25. The van der Waals surface area contributed by atoms with Crippen LogP contribution in [0.25, 0.3) is 10.8 Å². The van der Waals surface area contributed by atoms with E-state index in [-0.39, 0.29) is 36.6 Å². The Bertz CT molecular complexity index is 950. The fraction of sp³-hybridized carbons (Fsp3) is 0.391. The molecule has 1 heterocycles. The first-order valence-corrected chi connectivity index (χ1v) is 10.1. The number of rotatable bonds is 8. The first kappa shape index (κ1) is 21.5. The second-order valence-electron chi connectivity index (χ2n) is 7.53. The molecule has 30 heavy (non-hydrogen) atoms. The largest absolute Gasteiger partial charge is 0.467 e. The van der Waals surface area contributed by atoms with Crippen LogP contribution in [-0.4, -0.2) is 48.3 Å². The van der Waals surface area contributed by atoms with E-state index in [4.69, 9.17) is 4.74 Å². The van der Waals surface area contributed by atoms with Crippen LogP contribution >= 0.6 is 0 Å². The van der Waals surface area contributed by atoms with Gasteiger partial charge in [0.25, 0.3) is 11.8 Å². The zero-order valence-electron chi connectivity index (χ0n) is 17.4. The van der Waals surface area contributed by atoms with E-state index in [2.05, 4.69) is 5.32 Å². The molecule has 158 valence electrons. The second-order valence-corrected chi connectivity index (χ2v) is 7.53. The minimum Gasteiger partial charge on any atom is -0.467 e. The Hall–Kier alpha value is -3.22. The predicted molar refractivity (Wildman–Crippen MR) is 112 cm³/mol. The van der Waals surface area contributed by atoms with Gasteiger partial charge in [0, 0.05) is 29.5 Å². The Kier molecular flexibility index (Phi) is 6.50. The van der Waals surface area contributed by atoms with E-state index in [1.807, 2.05) is 26.0 Å². The van der Waals surface area contributed by atoms with Gasteiger partial charge in [-0.15, -0.1) is 0 Å². The van der Waals surface area contributed by atoms with Gasteiger partial charge in [-0.1, -0.05) is 44.5 Å². The van der Waals surface area contributed by atoms with E-state index in [0.717, 1.165) is 5.39 Å². The Morgan fingerprint density at radius 2 is 1.67 bits per heavy atom. The molecule has 0 fully saturated rings. The number of ether oxygens (including phenoxy) is 1. The molecule has 0 aliphatic carbocycles. The Labute approximate surface area is 175 Å². The number of nitrogens with zero attached hydrogens (tertiary/aromatic N) is 1. The maximum absolute atomic E-state index is 12.9. The van der Waals surface area contributed by atoms with Gasteiger partial charge in [0.1, 0.15) is 6.04 Å². The third-order valence-electron chi connectivity index (χ3n) is 5.63. The van der Waals surface area contributed by atoms with Crippen LogP contribution in [-0.2, 0) is 14.3 Å². The molecule has 7 nitrogen and oxygen atoms in total. The number of benzene rings is 2. The second kappa shape index (κ2) is 9.07. The zero-order chi connectivity index (χ0) is 21.8. The van der Waals surface area contributed by atoms with Crippen molar-refractivity contribution in [1.29, 1.82) is 0 Å². The smallest absolute Gasteiger partial charge is 0.328 e. The van der Waals surface area contributed by atoms with E-state index < -0.39 is 12.0 Å². The molecule has 7 heteroatoms. The minimum atomic E-state index is -0.713. The SMILES string of the molecule is CC[C@H](C)[C@@H](NC(=O)CCCN1C(=O)c2cccc3cccc(c23)C1=O)C(=O)OC. The topological polar surface area (TPSA) is 92.8 Å². The number of nitrogens with one attached hydrogen (secondary N) is 1. The van der Waals surface area contributed by atoms with Crippen molar-refractivity contribution in [3.63, 3.8) is 0 Å². The molecule has 2 atom stereocenters. The van der Waals surface area contributed by atoms with Crippen LogP contribution in [0.1, 0.15) is 53.8 Å². The number of hydrogen-bond acceptors (Lipinski definition) is 5. The van der Waals surface area contributed by atoms with Crippen molar-refractivity contribution in [2.24, 2.45) is 5.92 Å². The van der Waals surface area contributed by atoms with Crippen molar-refractivity contribution < 1.29 is 23.9 Å². The van der Waals surface area contributed by atoms with E-state index in [1.54, 1.807) is 24.3 Å². The molecule has 0 spiro atoms. The van der Waals surface area contributed by atoms with Crippen LogP contribution in [0, 0.1) is 5.92 Å². The van der Waals surface area contributed by atoms with Crippen LogP contribution < -0.4 is 5.32 Å². The predicted octanol–water partition coefficient (Wildman–Crippen LogP) is 2.92. The van der Waals surface area contributed by atoms with Crippen molar-refractivity contribution in [3.8, 4) is 0 Å². The van der Waals surface area contributed by atoms with Gasteiger partial charge in [0.05, 0.1) is 7.11 Å². The normalized spacial score (nSPS) is 15.1. The molecule has 0 saturated carbocycles. The fourth-order valence-electron chi connectivity index (χ4n) is 3.72. The van der Waals surface area contributed by atoms with E-state index in [9.17, 15) is 19.2 Å². The Balaban J connectivity index is 1.65. The summed E-state index contributed by atoms with van der Waals surface area (Å²) in [6, 6.07) is 10.1. The molecule has 3 rings (SSSR count). The summed E-state index contributed by atoms with van der Waals surface area (Å²) >= 11 is 0. The highest BCUT2D eigenvalue weighted by Gasteiger charge is 2.32. The number of esters is 1. The third kappa shape index (κ3) is 4.06. The maximum Gasteiger partial charge on any atom is 0.328 e. The quantitative estimate of drug-likeness (QED) is 0.534. The Morgan fingerprint density at radius 1 is 1.07 bits per heavy atom. The molecule has 2 aromatic rings. The summed E-state index contributed by atoms with van der Waals surface area (Å²) in [5.74, 6) is -1.56. The lowest BCUT2D eigenvalue weighted by atomic mass is 9.94. The van der Waals surface area contributed by atoms with Crippen molar-refractivity contribution >= 4 is 34.5 Å². The van der Waals surface area contributed by atoms with Gasteiger partial charge in [-0.05, 0) is 29.9 Å². The molecule has 1 aliphatic rings. The fourth-order valence-corrected chi connectivity index (χ4v) is 3.72. The van der Waals surface area contributed by atoms with Crippen molar-refractivity contribution in [2.75, 3.05) is 13.7 Å². The van der Waals surface area contributed by atoms with Crippen LogP contribution in [0.15, 0.2) is 36.4 Å². The van der Waals surface area contributed by atoms with E-state index in [1.165, 1.54) is 12.0 Å². The number of hydrogen-bond donors (Lipinski definition) is 1. The molecule has 3 amide bonds. The summed E-state index contributed by atoms with van der Waals surface area (Å²) in [5.41, 5.74) is 0.990. The molecule has 1 N–H and O–H groups in total.